The van der Waals surface area contributed by atoms with Gasteiger partial charge in [0.15, 0.2) is 0 Å². The molecule has 0 aliphatic rings. The molecule has 0 saturated carbocycles. The highest BCUT2D eigenvalue weighted by Gasteiger charge is 2.13. The normalized spacial score (nSPS) is 11.6. The van der Waals surface area contributed by atoms with Crippen molar-refractivity contribution in [2.45, 2.75) is 33.2 Å². The van der Waals surface area contributed by atoms with E-state index in [1.54, 1.807) is 18.5 Å². The third-order valence-electron chi connectivity index (χ3n) is 2.59. The fourth-order valence-electron chi connectivity index (χ4n) is 1.91. The van der Waals surface area contributed by atoms with E-state index in [0.717, 1.165) is 6.42 Å². The van der Waals surface area contributed by atoms with Crippen molar-refractivity contribution < 1.29 is 4.79 Å². The van der Waals surface area contributed by atoms with Gasteiger partial charge in [-0.1, -0.05) is 25.7 Å². The van der Waals surface area contributed by atoms with Crippen LogP contribution in [0.2, 0.25) is 0 Å². The number of carbonyl (C=O) groups excluding carboxylic acids is 1. The Morgan fingerprint density at radius 2 is 2.21 bits per heavy atom. The van der Waals surface area contributed by atoms with Crippen LogP contribution in [0.3, 0.4) is 0 Å². The van der Waals surface area contributed by atoms with Crippen LogP contribution in [-0.4, -0.2) is 23.5 Å². The minimum Gasteiger partial charge on any atom is -0.350 e. The van der Waals surface area contributed by atoms with Gasteiger partial charge in [0.2, 0.25) is 0 Å². The van der Waals surface area contributed by atoms with E-state index in [-0.39, 0.29) is 18.5 Å². The molecule has 4 heteroatoms. The van der Waals surface area contributed by atoms with E-state index in [4.69, 9.17) is 5.73 Å². The van der Waals surface area contributed by atoms with Gasteiger partial charge in [-0.3, -0.25) is 9.78 Å². The zero-order valence-electron chi connectivity index (χ0n) is 11.7. The molecule has 1 atom stereocenters. The predicted octanol–water partition coefficient (Wildman–Crippen LogP) is 1.56. The van der Waals surface area contributed by atoms with E-state index in [1.807, 2.05) is 6.92 Å². The Hall–Kier alpha value is -1.86. The molecular formula is C15H21N3O. The van der Waals surface area contributed by atoms with Gasteiger partial charge in [0.1, 0.15) is 0 Å². The van der Waals surface area contributed by atoms with E-state index < -0.39 is 0 Å². The molecule has 4 nitrogen and oxygen atoms in total. The number of nitrogens with zero attached hydrogens (tertiary/aromatic N) is 1. The largest absolute Gasteiger partial charge is 0.350 e. The molecule has 0 fully saturated rings. The van der Waals surface area contributed by atoms with E-state index in [9.17, 15) is 4.79 Å². The highest BCUT2D eigenvalue weighted by Crippen LogP contribution is 2.08. The number of nitrogens with two attached hydrogens (primary N) is 1. The molecule has 0 aromatic carbocycles. The summed E-state index contributed by atoms with van der Waals surface area (Å²) in [7, 11) is 0. The molecule has 1 heterocycles. The summed E-state index contributed by atoms with van der Waals surface area (Å²) in [5.74, 6) is 6.04. The van der Waals surface area contributed by atoms with Crippen LogP contribution in [0, 0.1) is 17.8 Å². The lowest BCUT2D eigenvalue weighted by molar-refractivity contribution is 0.0936. The first-order chi connectivity index (χ1) is 9.04. The maximum atomic E-state index is 12.2. The van der Waals surface area contributed by atoms with Gasteiger partial charge in [0.25, 0.3) is 5.91 Å². The molecule has 0 spiro atoms. The maximum Gasteiger partial charge on any atom is 0.252 e. The van der Waals surface area contributed by atoms with Gasteiger partial charge in [0.05, 0.1) is 17.7 Å². The lowest BCUT2D eigenvalue weighted by atomic mass is 10.0. The molecule has 0 saturated heterocycles. The topological polar surface area (TPSA) is 68.0 Å². The van der Waals surface area contributed by atoms with Crippen LogP contribution in [0.15, 0.2) is 18.5 Å². The third-order valence-corrected chi connectivity index (χ3v) is 2.59. The summed E-state index contributed by atoms with van der Waals surface area (Å²) < 4.78 is 0. The standard InChI is InChI=1S/C15H21N3O/c1-11(2)9-12(3)18-15(19)14-6-8-17-10-13(14)5-4-7-16/h6,8,10-12H,7,9,16H2,1-3H3,(H,18,19). The van der Waals surface area contributed by atoms with Gasteiger partial charge in [-0.25, -0.2) is 0 Å². The number of hydrogen-bond acceptors (Lipinski definition) is 3. The molecule has 1 amide bonds. The number of amides is 1. The van der Waals surface area contributed by atoms with Crippen LogP contribution in [0.25, 0.3) is 0 Å². The minimum atomic E-state index is -0.114. The van der Waals surface area contributed by atoms with Crippen LogP contribution in [0.4, 0.5) is 0 Å². The first-order valence-corrected chi connectivity index (χ1v) is 6.48. The van der Waals surface area contributed by atoms with Crippen LogP contribution in [0.1, 0.15) is 43.1 Å². The third kappa shape index (κ3) is 5.11. The molecule has 1 aromatic heterocycles. The number of carbonyl (C=O) groups is 1. The fraction of sp³-hybridized carbons (Fsp3) is 0.467. The van der Waals surface area contributed by atoms with Crippen molar-refractivity contribution in [1.82, 2.24) is 10.3 Å². The van der Waals surface area contributed by atoms with E-state index in [1.165, 1.54) is 0 Å². The Balaban J connectivity index is 2.82. The highest BCUT2D eigenvalue weighted by atomic mass is 16.1. The van der Waals surface area contributed by atoms with Gasteiger partial charge >= 0.3 is 0 Å². The van der Waals surface area contributed by atoms with Gasteiger partial charge < -0.3 is 11.1 Å². The van der Waals surface area contributed by atoms with E-state index >= 15 is 0 Å². The smallest absolute Gasteiger partial charge is 0.252 e. The van der Waals surface area contributed by atoms with Crippen molar-refractivity contribution in [1.29, 1.82) is 0 Å². The second-order valence-electron chi connectivity index (χ2n) is 4.93. The first kappa shape index (κ1) is 15.2. The highest BCUT2D eigenvalue weighted by molar-refractivity contribution is 5.96. The van der Waals surface area contributed by atoms with Crippen LogP contribution in [0.5, 0.6) is 0 Å². The van der Waals surface area contributed by atoms with Crippen molar-refractivity contribution in [3.8, 4) is 11.8 Å². The number of pyridine rings is 1. The number of rotatable bonds is 4. The second-order valence-corrected chi connectivity index (χ2v) is 4.93. The lowest BCUT2D eigenvalue weighted by Crippen LogP contribution is -2.33. The van der Waals surface area contributed by atoms with E-state index in [0.29, 0.717) is 17.0 Å². The Bertz CT molecular complexity index is 486. The zero-order valence-corrected chi connectivity index (χ0v) is 11.7. The SMILES string of the molecule is CC(C)CC(C)NC(=O)c1ccncc1C#CCN. The summed E-state index contributed by atoms with van der Waals surface area (Å²) in [6.07, 6.45) is 4.13. The maximum absolute atomic E-state index is 12.2. The van der Waals surface area contributed by atoms with Crippen LogP contribution < -0.4 is 11.1 Å². The van der Waals surface area contributed by atoms with Crippen molar-refractivity contribution in [3.63, 3.8) is 0 Å². The molecule has 0 radical (unpaired) electrons. The van der Waals surface area contributed by atoms with Gasteiger partial charge in [0, 0.05) is 18.4 Å². The zero-order chi connectivity index (χ0) is 14.3. The second kappa shape index (κ2) is 7.55. The van der Waals surface area contributed by atoms with Gasteiger partial charge in [-0.2, -0.15) is 0 Å². The van der Waals surface area contributed by atoms with Crippen LogP contribution >= 0.6 is 0 Å². The molecule has 3 N–H and O–H groups in total. The van der Waals surface area contributed by atoms with E-state index in [2.05, 4.69) is 36.0 Å². The summed E-state index contributed by atoms with van der Waals surface area (Å²) in [5, 5.41) is 2.98. The molecule has 19 heavy (non-hydrogen) atoms. The summed E-state index contributed by atoms with van der Waals surface area (Å²) in [6.45, 7) is 6.53. The molecule has 0 bridgehead atoms. The molecule has 0 aliphatic carbocycles. The molecule has 0 aliphatic heterocycles. The van der Waals surface area contributed by atoms with Crippen molar-refractivity contribution in [2.24, 2.45) is 11.7 Å². The molecule has 102 valence electrons. The van der Waals surface area contributed by atoms with Crippen molar-refractivity contribution in [3.05, 3.63) is 29.6 Å². The minimum absolute atomic E-state index is 0.114. The predicted molar refractivity (Wildman–Crippen MR) is 76.6 cm³/mol. The summed E-state index contributed by atoms with van der Waals surface area (Å²) >= 11 is 0. The molecule has 1 unspecified atom stereocenters. The average molecular weight is 259 g/mol. The Morgan fingerprint density at radius 1 is 1.47 bits per heavy atom. The fourth-order valence-corrected chi connectivity index (χ4v) is 1.91. The molecule has 1 rings (SSSR count). The Kier molecular flexibility index (Phi) is 6.04. The summed E-state index contributed by atoms with van der Waals surface area (Å²) in [6, 6.07) is 1.81. The summed E-state index contributed by atoms with van der Waals surface area (Å²) in [5.41, 5.74) is 6.50. The Labute approximate surface area is 114 Å². The number of nitrogens with one attached hydrogen (secondary N) is 1. The number of aromatic nitrogens is 1. The van der Waals surface area contributed by atoms with Gasteiger partial charge in [-0.05, 0) is 25.3 Å². The number of hydrogen-bond donors (Lipinski definition) is 2. The monoisotopic (exact) mass is 259 g/mol. The molecule has 1 aromatic rings. The first-order valence-electron chi connectivity index (χ1n) is 6.48. The Morgan fingerprint density at radius 3 is 2.84 bits per heavy atom. The van der Waals surface area contributed by atoms with Crippen LogP contribution in [-0.2, 0) is 0 Å². The average Bonchev–Trinajstić information content (AvgIpc) is 2.35. The van der Waals surface area contributed by atoms with Gasteiger partial charge in [-0.15, -0.1) is 0 Å². The molecular weight excluding hydrogens is 238 g/mol. The lowest BCUT2D eigenvalue weighted by Gasteiger charge is -2.16. The van der Waals surface area contributed by atoms with Crippen molar-refractivity contribution >= 4 is 5.91 Å². The summed E-state index contributed by atoms with van der Waals surface area (Å²) in [4.78, 5) is 16.2. The van der Waals surface area contributed by atoms with Crippen molar-refractivity contribution in [2.75, 3.05) is 6.54 Å². The quantitative estimate of drug-likeness (QED) is 0.806.